The van der Waals surface area contributed by atoms with Gasteiger partial charge >= 0.3 is 0 Å². The molecule has 0 aliphatic rings. The number of hydrogen-bond acceptors (Lipinski definition) is 4. The Labute approximate surface area is 147 Å². The molecule has 4 aromatic rings. The van der Waals surface area contributed by atoms with Crippen molar-refractivity contribution in [1.82, 2.24) is 24.5 Å². The molecule has 0 bridgehead atoms. The van der Waals surface area contributed by atoms with Gasteiger partial charge in [0, 0.05) is 29.3 Å². The summed E-state index contributed by atoms with van der Waals surface area (Å²) in [6.45, 7) is 0. The van der Waals surface area contributed by atoms with Crippen molar-refractivity contribution in [1.29, 1.82) is 0 Å². The number of aromatic nitrogens is 5. The zero-order chi connectivity index (χ0) is 17.9. The molecule has 0 aliphatic carbocycles. The summed E-state index contributed by atoms with van der Waals surface area (Å²) >= 11 is 0. The van der Waals surface area contributed by atoms with Crippen molar-refractivity contribution >= 4 is 11.6 Å². The Balaban J connectivity index is 1.50. The molecule has 26 heavy (non-hydrogen) atoms. The van der Waals surface area contributed by atoms with Gasteiger partial charge in [-0.2, -0.15) is 5.10 Å². The molecule has 0 radical (unpaired) electrons. The van der Waals surface area contributed by atoms with E-state index in [1.54, 1.807) is 72.1 Å². The van der Waals surface area contributed by atoms with Crippen molar-refractivity contribution in [3.63, 3.8) is 0 Å². The number of hydrogen-bond donors (Lipinski definition) is 1. The number of nitrogens with zero attached hydrogens (tertiary/aromatic N) is 5. The van der Waals surface area contributed by atoms with Crippen molar-refractivity contribution in [3.8, 4) is 11.4 Å². The molecule has 128 valence electrons. The van der Waals surface area contributed by atoms with Gasteiger partial charge in [0.2, 0.25) is 0 Å². The second kappa shape index (κ2) is 6.60. The lowest BCUT2D eigenvalue weighted by molar-refractivity contribution is 0.102. The van der Waals surface area contributed by atoms with Crippen LogP contribution in [0.2, 0.25) is 0 Å². The van der Waals surface area contributed by atoms with Gasteiger partial charge in [0.1, 0.15) is 18.3 Å². The molecule has 2 aromatic carbocycles. The minimum absolute atomic E-state index is 0.311. The predicted octanol–water partition coefficient (Wildman–Crippen LogP) is 2.84. The molecule has 0 spiro atoms. The van der Waals surface area contributed by atoms with Gasteiger partial charge in [-0.3, -0.25) is 9.36 Å². The minimum atomic E-state index is -0.477. The van der Waals surface area contributed by atoms with Crippen molar-refractivity contribution < 1.29 is 9.18 Å². The summed E-state index contributed by atoms with van der Waals surface area (Å²) in [4.78, 5) is 12.4. The lowest BCUT2D eigenvalue weighted by atomic mass is 10.2. The first kappa shape index (κ1) is 15.7. The zero-order valence-corrected chi connectivity index (χ0v) is 13.5. The molecule has 0 saturated carbocycles. The van der Waals surface area contributed by atoms with Crippen LogP contribution in [0.4, 0.5) is 10.1 Å². The van der Waals surface area contributed by atoms with E-state index in [1.807, 2.05) is 0 Å². The van der Waals surface area contributed by atoms with Crippen molar-refractivity contribution in [3.05, 3.63) is 85.0 Å². The lowest BCUT2D eigenvalue weighted by Gasteiger charge is -2.09. The smallest absolute Gasteiger partial charge is 0.255 e. The SMILES string of the molecule is O=C(Nc1ccc(-n2cccn2)c(F)c1)c1ccc(-n2cnnc2)cc1. The average molecular weight is 348 g/mol. The van der Waals surface area contributed by atoms with Crippen molar-refractivity contribution in [2.75, 3.05) is 5.32 Å². The van der Waals surface area contributed by atoms with Crippen LogP contribution in [0.1, 0.15) is 10.4 Å². The summed E-state index contributed by atoms with van der Waals surface area (Å²) < 4.78 is 17.4. The molecule has 0 saturated heterocycles. The van der Waals surface area contributed by atoms with Crippen LogP contribution in [0.5, 0.6) is 0 Å². The molecule has 0 unspecified atom stereocenters. The summed E-state index contributed by atoms with van der Waals surface area (Å²) in [6, 6.07) is 13.1. The Morgan fingerprint density at radius 1 is 1.04 bits per heavy atom. The number of benzene rings is 2. The summed E-state index contributed by atoms with van der Waals surface area (Å²) in [5, 5.41) is 14.2. The highest BCUT2D eigenvalue weighted by molar-refractivity contribution is 6.04. The summed E-state index contributed by atoms with van der Waals surface area (Å²) in [5.41, 5.74) is 1.97. The second-order valence-corrected chi connectivity index (χ2v) is 5.49. The molecule has 7 nitrogen and oxygen atoms in total. The third kappa shape index (κ3) is 3.07. The van der Waals surface area contributed by atoms with Gasteiger partial charge in [0.25, 0.3) is 5.91 Å². The Kier molecular flexibility index (Phi) is 3.98. The van der Waals surface area contributed by atoms with E-state index in [0.29, 0.717) is 16.9 Å². The van der Waals surface area contributed by atoms with Gasteiger partial charge in [0.05, 0.1) is 0 Å². The minimum Gasteiger partial charge on any atom is -0.322 e. The molecule has 0 atom stereocenters. The second-order valence-electron chi connectivity index (χ2n) is 5.49. The third-order valence-corrected chi connectivity index (χ3v) is 3.80. The lowest BCUT2D eigenvalue weighted by Crippen LogP contribution is -2.12. The predicted molar refractivity (Wildman–Crippen MR) is 92.8 cm³/mol. The highest BCUT2D eigenvalue weighted by Gasteiger charge is 2.10. The highest BCUT2D eigenvalue weighted by Crippen LogP contribution is 2.18. The van der Waals surface area contributed by atoms with Crippen LogP contribution in [-0.4, -0.2) is 30.5 Å². The topological polar surface area (TPSA) is 77.6 Å². The maximum absolute atomic E-state index is 14.2. The maximum atomic E-state index is 14.2. The van der Waals surface area contributed by atoms with Gasteiger partial charge in [-0.1, -0.05) is 0 Å². The fourth-order valence-electron chi connectivity index (χ4n) is 2.50. The van der Waals surface area contributed by atoms with E-state index in [0.717, 1.165) is 5.69 Å². The van der Waals surface area contributed by atoms with Crippen molar-refractivity contribution in [2.45, 2.75) is 0 Å². The van der Waals surface area contributed by atoms with Crippen LogP contribution in [0, 0.1) is 5.82 Å². The number of carbonyl (C=O) groups is 1. The monoisotopic (exact) mass is 348 g/mol. The molecule has 2 aromatic heterocycles. The molecular formula is C18H13FN6O. The standard InChI is InChI=1S/C18H13FN6O/c19-16-10-14(4-7-17(16)25-9-1-8-22-25)23-18(26)13-2-5-15(6-3-13)24-11-20-21-12-24/h1-12H,(H,23,26). The van der Waals surface area contributed by atoms with Gasteiger partial charge in [-0.15, -0.1) is 10.2 Å². The van der Waals surface area contributed by atoms with Crippen molar-refractivity contribution in [2.24, 2.45) is 0 Å². The molecule has 1 N–H and O–H groups in total. The fraction of sp³-hybridized carbons (Fsp3) is 0. The molecule has 1 amide bonds. The van der Waals surface area contributed by atoms with Crippen LogP contribution in [0.15, 0.2) is 73.6 Å². The van der Waals surface area contributed by atoms with E-state index in [2.05, 4.69) is 20.6 Å². The normalized spacial score (nSPS) is 10.7. The fourth-order valence-corrected chi connectivity index (χ4v) is 2.50. The van der Waals surface area contributed by atoms with E-state index in [1.165, 1.54) is 10.7 Å². The first-order valence-electron chi connectivity index (χ1n) is 7.77. The molecular weight excluding hydrogens is 335 g/mol. The summed E-state index contributed by atoms with van der Waals surface area (Å²) in [5.74, 6) is -0.805. The Bertz CT molecular complexity index is 1030. The van der Waals surface area contributed by atoms with Crippen LogP contribution in [0.25, 0.3) is 11.4 Å². The maximum Gasteiger partial charge on any atom is 0.255 e. The summed E-state index contributed by atoms with van der Waals surface area (Å²) in [7, 11) is 0. The molecule has 0 aliphatic heterocycles. The third-order valence-electron chi connectivity index (χ3n) is 3.80. The Morgan fingerprint density at radius 2 is 1.81 bits per heavy atom. The number of anilines is 1. The van der Waals surface area contributed by atoms with E-state index < -0.39 is 5.82 Å². The van der Waals surface area contributed by atoms with Crippen LogP contribution < -0.4 is 5.32 Å². The molecule has 2 heterocycles. The van der Waals surface area contributed by atoms with E-state index >= 15 is 0 Å². The van der Waals surface area contributed by atoms with Crippen LogP contribution in [-0.2, 0) is 0 Å². The van der Waals surface area contributed by atoms with Crippen LogP contribution >= 0.6 is 0 Å². The van der Waals surface area contributed by atoms with E-state index in [-0.39, 0.29) is 5.91 Å². The number of rotatable bonds is 4. The van der Waals surface area contributed by atoms with Gasteiger partial charge < -0.3 is 5.32 Å². The number of nitrogens with one attached hydrogen (secondary N) is 1. The highest BCUT2D eigenvalue weighted by atomic mass is 19.1. The molecule has 0 fully saturated rings. The zero-order valence-electron chi connectivity index (χ0n) is 13.5. The largest absolute Gasteiger partial charge is 0.322 e. The average Bonchev–Trinajstić information content (AvgIpc) is 3.36. The first-order valence-corrected chi connectivity index (χ1v) is 7.77. The molecule has 4 rings (SSSR count). The van der Waals surface area contributed by atoms with Gasteiger partial charge in [-0.05, 0) is 48.5 Å². The summed E-state index contributed by atoms with van der Waals surface area (Å²) in [6.07, 6.45) is 6.35. The number of halogens is 1. The Hall–Kier alpha value is -3.81. The van der Waals surface area contributed by atoms with Gasteiger partial charge in [0.15, 0.2) is 5.82 Å². The quantitative estimate of drug-likeness (QED) is 0.615. The number of amides is 1. The van der Waals surface area contributed by atoms with E-state index in [9.17, 15) is 9.18 Å². The number of carbonyl (C=O) groups excluding carboxylic acids is 1. The van der Waals surface area contributed by atoms with Crippen LogP contribution in [0.3, 0.4) is 0 Å². The van der Waals surface area contributed by atoms with E-state index in [4.69, 9.17) is 0 Å². The Morgan fingerprint density at radius 3 is 2.46 bits per heavy atom. The molecule has 8 heteroatoms. The van der Waals surface area contributed by atoms with Gasteiger partial charge in [-0.25, -0.2) is 9.07 Å². The first-order chi connectivity index (χ1) is 12.7.